The Morgan fingerprint density at radius 3 is 2.79 bits per heavy atom. The minimum absolute atomic E-state index is 0.0833. The Hall–Kier alpha value is -1.76. The van der Waals surface area contributed by atoms with Crippen molar-refractivity contribution in [2.75, 3.05) is 0 Å². The van der Waals surface area contributed by atoms with Crippen molar-refractivity contribution >= 4 is 27.6 Å². The van der Waals surface area contributed by atoms with Gasteiger partial charge in [-0.15, -0.1) is 10.5 Å². The monoisotopic (exact) mass is 286 g/mol. The number of nitriles is 1. The summed E-state index contributed by atoms with van der Waals surface area (Å²) in [5.41, 5.74) is 2.79. The molecule has 0 aliphatic carbocycles. The van der Waals surface area contributed by atoms with E-state index in [4.69, 9.17) is 11.8 Å². The maximum Gasteiger partial charge on any atom is 0.102 e. The number of nitrogens with zero attached hydrogens (tertiary/aromatic N) is 2. The Bertz CT molecular complexity index is 678. The standard InChI is InChI=1S/C15H11ClN2S/c16-18-8-4-7-14-15(18)13(9-17)11-19(14)10-12-5-2-1-3-6-12/h1-8,11H,10H2. The fraction of sp³-hybridized carbons (Fsp3) is 0.0667. The van der Waals surface area contributed by atoms with Crippen LogP contribution in [0.4, 0.5) is 0 Å². The topological polar surface area (TPSA) is 27.0 Å². The Balaban J connectivity index is 1.96. The second kappa shape index (κ2) is 5.08. The summed E-state index contributed by atoms with van der Waals surface area (Å²) in [7, 11) is -0.0833. The molecule has 0 N–H and O–H groups in total. The zero-order chi connectivity index (χ0) is 13.2. The largest absolute Gasteiger partial charge is 0.258 e. The zero-order valence-corrected chi connectivity index (χ0v) is 11.7. The maximum atomic E-state index is 9.24. The van der Waals surface area contributed by atoms with Gasteiger partial charge in [0.25, 0.3) is 0 Å². The van der Waals surface area contributed by atoms with Gasteiger partial charge in [-0.25, -0.2) is 0 Å². The molecule has 1 aromatic carbocycles. The molecule has 94 valence electrons. The molecule has 0 aromatic heterocycles. The SMILES string of the molecule is N#CC1=C2C(=CC=CN2Cl)S(Cc2ccccc2)=C1. The summed E-state index contributed by atoms with van der Waals surface area (Å²) in [6.45, 7) is 0. The van der Waals surface area contributed by atoms with E-state index < -0.39 is 0 Å². The first-order chi connectivity index (χ1) is 9.29. The van der Waals surface area contributed by atoms with Crippen LogP contribution in [0.1, 0.15) is 5.56 Å². The fourth-order valence-corrected chi connectivity index (χ4v) is 4.51. The van der Waals surface area contributed by atoms with E-state index >= 15 is 0 Å². The van der Waals surface area contributed by atoms with Crippen LogP contribution in [0, 0.1) is 11.3 Å². The lowest BCUT2D eigenvalue weighted by atomic mass is 10.2. The summed E-state index contributed by atoms with van der Waals surface area (Å²) in [5, 5.41) is 11.3. The lowest BCUT2D eigenvalue weighted by molar-refractivity contribution is 0.763. The van der Waals surface area contributed by atoms with Crippen LogP contribution in [0.3, 0.4) is 0 Å². The molecular weight excluding hydrogens is 276 g/mol. The van der Waals surface area contributed by atoms with Crippen LogP contribution in [0.15, 0.2) is 64.9 Å². The molecule has 0 bridgehead atoms. The minimum Gasteiger partial charge on any atom is -0.258 e. The van der Waals surface area contributed by atoms with Gasteiger partial charge < -0.3 is 0 Å². The van der Waals surface area contributed by atoms with Gasteiger partial charge in [-0.05, 0) is 23.1 Å². The van der Waals surface area contributed by atoms with Crippen molar-refractivity contribution in [3.8, 4) is 6.07 Å². The summed E-state index contributed by atoms with van der Waals surface area (Å²) < 4.78 is 1.52. The highest BCUT2D eigenvalue weighted by molar-refractivity contribution is 8.18. The van der Waals surface area contributed by atoms with E-state index in [9.17, 15) is 5.26 Å². The molecule has 0 saturated heterocycles. The smallest absolute Gasteiger partial charge is 0.102 e. The number of hydrogen-bond acceptors (Lipinski definition) is 2. The summed E-state index contributed by atoms with van der Waals surface area (Å²) >= 11 is 6.14. The summed E-state index contributed by atoms with van der Waals surface area (Å²) in [6.07, 6.45) is 5.74. The molecular formula is C15H11ClN2S. The lowest BCUT2D eigenvalue weighted by Crippen LogP contribution is -2.08. The first kappa shape index (κ1) is 12.3. The molecule has 1 atom stereocenters. The number of allylic oxidation sites excluding steroid dienone is 3. The quantitative estimate of drug-likeness (QED) is 0.609. The molecule has 0 spiro atoms. The van der Waals surface area contributed by atoms with Crippen LogP contribution in [-0.4, -0.2) is 9.79 Å². The van der Waals surface area contributed by atoms with E-state index in [0.717, 1.165) is 16.4 Å². The van der Waals surface area contributed by atoms with E-state index in [2.05, 4.69) is 24.3 Å². The van der Waals surface area contributed by atoms with Crippen LogP contribution in [-0.2, 0) is 5.75 Å². The number of halogens is 1. The average Bonchev–Trinajstić information content (AvgIpc) is 2.80. The summed E-state index contributed by atoms with van der Waals surface area (Å²) in [4.78, 5) is 1.15. The van der Waals surface area contributed by atoms with Crippen molar-refractivity contribution in [1.29, 1.82) is 5.26 Å². The highest BCUT2D eigenvalue weighted by atomic mass is 35.5. The van der Waals surface area contributed by atoms with Crippen LogP contribution < -0.4 is 0 Å². The molecule has 3 rings (SSSR count). The molecule has 2 aliphatic heterocycles. The summed E-state index contributed by atoms with van der Waals surface area (Å²) in [6, 6.07) is 12.6. The van der Waals surface area contributed by atoms with Crippen molar-refractivity contribution in [1.82, 2.24) is 4.42 Å². The van der Waals surface area contributed by atoms with Gasteiger partial charge in [-0.2, -0.15) is 5.26 Å². The summed E-state index contributed by atoms with van der Waals surface area (Å²) in [5.74, 6) is 0.917. The first-order valence-electron chi connectivity index (χ1n) is 5.86. The molecule has 1 unspecified atom stereocenters. The van der Waals surface area contributed by atoms with Crippen LogP contribution >= 0.6 is 22.3 Å². The number of rotatable bonds is 2. The highest BCUT2D eigenvalue weighted by Gasteiger charge is 2.25. The highest BCUT2D eigenvalue weighted by Crippen LogP contribution is 2.44. The molecule has 4 heteroatoms. The maximum absolute atomic E-state index is 9.24. The van der Waals surface area contributed by atoms with Crippen molar-refractivity contribution in [2.24, 2.45) is 0 Å². The van der Waals surface area contributed by atoms with Crippen LogP contribution in [0.25, 0.3) is 0 Å². The second-order valence-electron chi connectivity index (χ2n) is 4.23. The van der Waals surface area contributed by atoms with Gasteiger partial charge >= 0.3 is 0 Å². The average molecular weight is 287 g/mol. The molecule has 0 saturated carbocycles. The predicted molar refractivity (Wildman–Crippen MR) is 81.4 cm³/mol. The van der Waals surface area contributed by atoms with Gasteiger partial charge in [0.2, 0.25) is 0 Å². The van der Waals surface area contributed by atoms with Crippen LogP contribution in [0.5, 0.6) is 0 Å². The molecule has 2 aliphatic rings. The molecule has 2 nitrogen and oxygen atoms in total. The van der Waals surface area contributed by atoms with Gasteiger partial charge in [0, 0.05) is 28.6 Å². The molecule has 1 aromatic rings. The van der Waals surface area contributed by atoms with Gasteiger partial charge in [-0.1, -0.05) is 30.3 Å². The third-order valence-electron chi connectivity index (χ3n) is 2.99. The number of hydrogen-bond donors (Lipinski definition) is 0. The van der Waals surface area contributed by atoms with Crippen LogP contribution in [0.2, 0.25) is 0 Å². The van der Waals surface area contributed by atoms with Crippen molar-refractivity contribution in [3.63, 3.8) is 0 Å². The predicted octanol–water partition coefficient (Wildman–Crippen LogP) is 3.92. The third kappa shape index (κ3) is 2.25. The lowest BCUT2D eigenvalue weighted by Gasteiger charge is -2.20. The zero-order valence-electron chi connectivity index (χ0n) is 10.1. The molecule has 2 heterocycles. The van der Waals surface area contributed by atoms with Gasteiger partial charge in [0.15, 0.2) is 0 Å². The van der Waals surface area contributed by atoms with E-state index in [0.29, 0.717) is 5.57 Å². The van der Waals surface area contributed by atoms with E-state index in [1.807, 2.05) is 29.6 Å². The third-order valence-corrected chi connectivity index (χ3v) is 5.34. The normalized spacial score (nSPS) is 20.7. The van der Waals surface area contributed by atoms with Crippen molar-refractivity contribution < 1.29 is 0 Å². The van der Waals surface area contributed by atoms with Crippen molar-refractivity contribution in [3.05, 3.63) is 70.4 Å². The van der Waals surface area contributed by atoms with E-state index in [1.165, 1.54) is 9.98 Å². The van der Waals surface area contributed by atoms with Crippen molar-refractivity contribution in [2.45, 2.75) is 5.75 Å². The molecule has 19 heavy (non-hydrogen) atoms. The fourth-order valence-electron chi connectivity index (χ4n) is 2.14. The molecule has 0 radical (unpaired) electrons. The molecule has 0 fully saturated rings. The second-order valence-corrected chi connectivity index (χ2v) is 6.42. The Morgan fingerprint density at radius 1 is 1.26 bits per heavy atom. The minimum atomic E-state index is -0.0833. The Labute approximate surface area is 119 Å². The number of benzene rings is 1. The number of fused-ring (bicyclic) bond motifs is 1. The van der Waals surface area contributed by atoms with Gasteiger partial charge in [0.1, 0.15) is 6.07 Å². The Morgan fingerprint density at radius 2 is 2.05 bits per heavy atom. The first-order valence-corrected chi connectivity index (χ1v) is 7.66. The van der Waals surface area contributed by atoms with Gasteiger partial charge in [-0.3, -0.25) is 4.42 Å². The van der Waals surface area contributed by atoms with E-state index in [1.54, 1.807) is 6.20 Å². The Kier molecular flexibility index (Phi) is 3.29. The van der Waals surface area contributed by atoms with E-state index in [-0.39, 0.29) is 10.5 Å². The molecule has 0 amide bonds. The van der Waals surface area contributed by atoms with Gasteiger partial charge in [0.05, 0.1) is 11.3 Å².